The lowest BCUT2D eigenvalue weighted by Gasteiger charge is -2.37. The normalized spacial score (nSPS) is 25.8. The summed E-state index contributed by atoms with van der Waals surface area (Å²) in [4.78, 5) is 12.1. The lowest BCUT2D eigenvalue weighted by molar-refractivity contribution is 0.107. The maximum Gasteiger partial charge on any atom is 0.191 e. The summed E-state index contributed by atoms with van der Waals surface area (Å²) in [5.41, 5.74) is 0. The number of nitrogens with zero attached hydrogens (tertiary/aromatic N) is 4. The fraction of sp³-hybridized carbons (Fsp3) is 0.944. The Morgan fingerprint density at radius 3 is 2.46 bits per heavy atom. The first-order valence-corrected chi connectivity index (χ1v) is 9.82. The molecular weight excluding hydrogens is 300 g/mol. The first-order chi connectivity index (χ1) is 11.7. The van der Waals surface area contributed by atoms with E-state index in [0.29, 0.717) is 12.1 Å². The molecule has 2 N–H and O–H groups in total. The summed E-state index contributed by atoms with van der Waals surface area (Å²) >= 11 is 0. The molecule has 2 unspecified atom stereocenters. The second-order valence-electron chi connectivity index (χ2n) is 7.08. The molecule has 0 aromatic rings. The Labute approximate surface area is 148 Å². The minimum Gasteiger partial charge on any atom is -0.355 e. The van der Waals surface area contributed by atoms with E-state index in [1.54, 1.807) is 0 Å². The number of piperazine rings is 1. The Kier molecular flexibility index (Phi) is 8.29. The molecule has 6 heteroatoms. The molecule has 2 heterocycles. The number of likely N-dealkylation sites (N-methyl/N-ethyl adjacent to an activating group) is 2. The largest absolute Gasteiger partial charge is 0.355 e. The van der Waals surface area contributed by atoms with Crippen LogP contribution in [0, 0.1) is 0 Å². The van der Waals surface area contributed by atoms with Gasteiger partial charge in [0.15, 0.2) is 5.96 Å². The van der Waals surface area contributed by atoms with Gasteiger partial charge in [0, 0.05) is 58.4 Å². The molecule has 2 fully saturated rings. The molecule has 2 aliphatic rings. The molecule has 0 aliphatic carbocycles. The van der Waals surface area contributed by atoms with Crippen molar-refractivity contribution in [2.45, 2.75) is 45.7 Å². The van der Waals surface area contributed by atoms with Gasteiger partial charge in [0.25, 0.3) is 0 Å². The summed E-state index contributed by atoms with van der Waals surface area (Å²) in [6.07, 6.45) is 2.63. The third kappa shape index (κ3) is 5.60. The van der Waals surface area contributed by atoms with E-state index in [1.807, 2.05) is 7.05 Å². The van der Waals surface area contributed by atoms with Gasteiger partial charge < -0.3 is 15.5 Å². The van der Waals surface area contributed by atoms with E-state index < -0.39 is 0 Å². The standard InChI is InChI=1S/C18H38N6/c1-5-22-10-12-24(13-11-22)16(3)14-20-18(19-4)21-15-17-8-7-9-23(17)6-2/h16-17H,5-15H2,1-4H3,(H2,19,20,21). The van der Waals surface area contributed by atoms with E-state index >= 15 is 0 Å². The summed E-state index contributed by atoms with van der Waals surface area (Å²) in [6.45, 7) is 17.1. The van der Waals surface area contributed by atoms with Gasteiger partial charge in [0.1, 0.15) is 0 Å². The Morgan fingerprint density at radius 1 is 1.08 bits per heavy atom. The van der Waals surface area contributed by atoms with Crippen LogP contribution in [0.15, 0.2) is 4.99 Å². The van der Waals surface area contributed by atoms with Crippen LogP contribution in [0.4, 0.5) is 0 Å². The van der Waals surface area contributed by atoms with Crippen molar-refractivity contribution in [3.8, 4) is 0 Å². The zero-order valence-corrected chi connectivity index (χ0v) is 16.2. The number of likely N-dealkylation sites (tertiary alicyclic amines) is 1. The topological polar surface area (TPSA) is 46.1 Å². The van der Waals surface area contributed by atoms with Crippen LogP contribution in [0.25, 0.3) is 0 Å². The van der Waals surface area contributed by atoms with Crippen LogP contribution < -0.4 is 10.6 Å². The molecular formula is C18H38N6. The van der Waals surface area contributed by atoms with Crippen LogP contribution in [0.3, 0.4) is 0 Å². The zero-order valence-electron chi connectivity index (χ0n) is 16.2. The summed E-state index contributed by atoms with van der Waals surface area (Å²) in [7, 11) is 1.87. The van der Waals surface area contributed by atoms with Gasteiger partial charge in [-0.15, -0.1) is 0 Å². The molecule has 0 radical (unpaired) electrons. The van der Waals surface area contributed by atoms with Gasteiger partial charge in [-0.3, -0.25) is 14.8 Å². The monoisotopic (exact) mass is 338 g/mol. The van der Waals surface area contributed by atoms with Gasteiger partial charge in [-0.05, 0) is 39.4 Å². The molecule has 2 saturated heterocycles. The van der Waals surface area contributed by atoms with Crippen molar-refractivity contribution in [1.29, 1.82) is 0 Å². The van der Waals surface area contributed by atoms with Crippen molar-refractivity contribution in [2.24, 2.45) is 4.99 Å². The lowest BCUT2D eigenvalue weighted by atomic mass is 10.2. The summed E-state index contributed by atoms with van der Waals surface area (Å²) < 4.78 is 0. The highest BCUT2D eigenvalue weighted by atomic mass is 15.3. The number of aliphatic imine (C=N–C) groups is 1. The van der Waals surface area contributed by atoms with Crippen molar-refractivity contribution in [3.05, 3.63) is 0 Å². The Bertz CT molecular complexity index is 378. The molecule has 2 aliphatic heterocycles. The van der Waals surface area contributed by atoms with E-state index in [4.69, 9.17) is 0 Å². The molecule has 0 spiro atoms. The second kappa shape index (κ2) is 10.2. The molecule has 0 aromatic heterocycles. The van der Waals surface area contributed by atoms with Gasteiger partial charge in [0.05, 0.1) is 0 Å². The first kappa shape index (κ1) is 19.5. The minimum atomic E-state index is 0.543. The molecule has 0 amide bonds. The number of nitrogens with one attached hydrogen (secondary N) is 2. The second-order valence-corrected chi connectivity index (χ2v) is 7.08. The smallest absolute Gasteiger partial charge is 0.191 e. The van der Waals surface area contributed by atoms with Crippen LogP contribution >= 0.6 is 0 Å². The van der Waals surface area contributed by atoms with Crippen LogP contribution in [0.5, 0.6) is 0 Å². The third-order valence-corrected chi connectivity index (χ3v) is 5.68. The van der Waals surface area contributed by atoms with Gasteiger partial charge in [-0.1, -0.05) is 13.8 Å². The third-order valence-electron chi connectivity index (χ3n) is 5.68. The van der Waals surface area contributed by atoms with Crippen LogP contribution in [-0.2, 0) is 0 Å². The predicted molar refractivity (Wildman–Crippen MR) is 103 cm³/mol. The van der Waals surface area contributed by atoms with Crippen LogP contribution in [0.2, 0.25) is 0 Å². The Morgan fingerprint density at radius 2 is 1.83 bits per heavy atom. The van der Waals surface area contributed by atoms with Crippen molar-refractivity contribution < 1.29 is 0 Å². The highest BCUT2D eigenvalue weighted by Gasteiger charge is 2.23. The maximum atomic E-state index is 4.39. The predicted octanol–water partition coefficient (Wildman–Crippen LogP) is 0.662. The fourth-order valence-electron chi connectivity index (χ4n) is 3.87. The van der Waals surface area contributed by atoms with Crippen LogP contribution in [0.1, 0.15) is 33.6 Å². The van der Waals surface area contributed by atoms with Crippen LogP contribution in [-0.4, -0.2) is 98.7 Å². The van der Waals surface area contributed by atoms with Gasteiger partial charge >= 0.3 is 0 Å². The number of rotatable bonds is 7. The van der Waals surface area contributed by atoms with E-state index in [1.165, 1.54) is 52.1 Å². The molecule has 0 aromatic carbocycles. The van der Waals surface area contributed by atoms with Crippen molar-refractivity contribution >= 4 is 5.96 Å². The van der Waals surface area contributed by atoms with Crippen molar-refractivity contribution in [2.75, 3.05) is 66.0 Å². The molecule has 6 nitrogen and oxygen atoms in total. The Balaban J connectivity index is 1.67. The minimum absolute atomic E-state index is 0.543. The summed E-state index contributed by atoms with van der Waals surface area (Å²) in [5.74, 6) is 0.942. The highest BCUT2D eigenvalue weighted by Crippen LogP contribution is 2.15. The number of guanidine groups is 1. The summed E-state index contributed by atoms with van der Waals surface area (Å²) in [6, 6.07) is 1.20. The zero-order chi connectivity index (χ0) is 17.4. The Hall–Kier alpha value is -0.850. The maximum absolute atomic E-state index is 4.39. The molecule has 0 saturated carbocycles. The van der Waals surface area contributed by atoms with Crippen molar-refractivity contribution in [1.82, 2.24) is 25.3 Å². The van der Waals surface area contributed by atoms with E-state index in [9.17, 15) is 0 Å². The molecule has 2 atom stereocenters. The highest BCUT2D eigenvalue weighted by molar-refractivity contribution is 5.79. The number of hydrogen-bond donors (Lipinski definition) is 2. The molecule has 2 rings (SSSR count). The average Bonchev–Trinajstić information content (AvgIpc) is 3.09. The fourth-order valence-corrected chi connectivity index (χ4v) is 3.87. The molecule has 24 heavy (non-hydrogen) atoms. The average molecular weight is 339 g/mol. The van der Waals surface area contributed by atoms with Crippen molar-refractivity contribution in [3.63, 3.8) is 0 Å². The molecule has 140 valence electrons. The van der Waals surface area contributed by atoms with Gasteiger partial charge in [0.2, 0.25) is 0 Å². The van der Waals surface area contributed by atoms with E-state index in [-0.39, 0.29) is 0 Å². The first-order valence-electron chi connectivity index (χ1n) is 9.82. The number of hydrogen-bond acceptors (Lipinski definition) is 4. The van der Waals surface area contributed by atoms with Gasteiger partial charge in [-0.2, -0.15) is 0 Å². The van der Waals surface area contributed by atoms with Gasteiger partial charge in [-0.25, -0.2) is 0 Å². The lowest BCUT2D eigenvalue weighted by Crippen LogP contribution is -2.53. The quantitative estimate of drug-likeness (QED) is 0.528. The molecule has 0 bridgehead atoms. The van der Waals surface area contributed by atoms with E-state index in [0.717, 1.165) is 25.6 Å². The van der Waals surface area contributed by atoms with E-state index in [2.05, 4.69) is 51.1 Å². The SMILES string of the molecule is CCN1CCN(C(C)CNC(=NC)NCC2CCCN2CC)CC1. The summed E-state index contributed by atoms with van der Waals surface area (Å²) in [5, 5.41) is 7.03.